The zero-order valence-electron chi connectivity index (χ0n) is 24.6. The highest BCUT2D eigenvalue weighted by Crippen LogP contribution is 2.26. The lowest BCUT2D eigenvalue weighted by Gasteiger charge is -2.38. The van der Waals surface area contributed by atoms with Crippen molar-refractivity contribution in [2.45, 2.75) is 32.0 Å². The third kappa shape index (κ3) is 10.9. The van der Waals surface area contributed by atoms with Gasteiger partial charge in [-0.15, -0.1) is 24.8 Å². The summed E-state index contributed by atoms with van der Waals surface area (Å²) < 4.78 is 44.5. The number of hydrogen-bond donors (Lipinski definition) is 2. The summed E-state index contributed by atoms with van der Waals surface area (Å²) in [5, 5.41) is 2.92. The second kappa shape index (κ2) is 16.4. The molecule has 3 aromatic carbocycles. The van der Waals surface area contributed by atoms with Gasteiger partial charge in [-0.2, -0.15) is 0 Å². The third-order valence-electron chi connectivity index (χ3n) is 7.18. The SMILES string of the molecule is CS(=O)(=O)Nc1ccc(Oc2ccc(CN3CCC(N(Cc4ccncc4)C(=O)Nc4ccc(F)cc4)CC3)cc2)cc1.Cl.Cl. The van der Waals surface area contributed by atoms with Gasteiger partial charge in [0, 0.05) is 56.0 Å². The molecule has 2 amide bonds. The fraction of sp³-hybridized carbons (Fsp3) is 0.250. The van der Waals surface area contributed by atoms with E-state index in [1.807, 2.05) is 41.3 Å². The van der Waals surface area contributed by atoms with Crippen LogP contribution < -0.4 is 14.8 Å². The number of hydrogen-bond acceptors (Lipinski definition) is 6. The number of sulfonamides is 1. The van der Waals surface area contributed by atoms with Crippen molar-refractivity contribution >= 4 is 52.2 Å². The fourth-order valence-corrected chi connectivity index (χ4v) is 5.60. The van der Waals surface area contributed by atoms with Gasteiger partial charge in [-0.1, -0.05) is 12.1 Å². The predicted molar refractivity (Wildman–Crippen MR) is 179 cm³/mol. The van der Waals surface area contributed by atoms with Crippen molar-refractivity contribution in [1.29, 1.82) is 0 Å². The first-order valence-corrected chi connectivity index (χ1v) is 15.9. The summed E-state index contributed by atoms with van der Waals surface area (Å²) in [5.41, 5.74) is 3.18. The first kappa shape index (κ1) is 35.6. The minimum absolute atomic E-state index is 0. The van der Waals surface area contributed by atoms with Gasteiger partial charge >= 0.3 is 6.03 Å². The van der Waals surface area contributed by atoms with Crippen molar-refractivity contribution < 1.29 is 22.3 Å². The van der Waals surface area contributed by atoms with Crippen molar-refractivity contribution in [3.05, 3.63) is 114 Å². The van der Waals surface area contributed by atoms with E-state index in [-0.39, 0.29) is 42.7 Å². The van der Waals surface area contributed by atoms with Crippen LogP contribution in [-0.2, 0) is 23.1 Å². The van der Waals surface area contributed by atoms with Crippen LogP contribution >= 0.6 is 24.8 Å². The molecule has 0 aliphatic carbocycles. The third-order valence-corrected chi connectivity index (χ3v) is 7.79. The molecule has 0 radical (unpaired) electrons. The number of urea groups is 1. The number of pyridine rings is 1. The van der Waals surface area contributed by atoms with Crippen LogP contribution in [0.5, 0.6) is 11.5 Å². The summed E-state index contributed by atoms with van der Waals surface area (Å²) in [5.74, 6) is 0.941. The molecule has 2 N–H and O–H groups in total. The van der Waals surface area contributed by atoms with Crippen molar-refractivity contribution in [3.8, 4) is 11.5 Å². The Bertz CT molecular complexity index is 1610. The van der Waals surface area contributed by atoms with Gasteiger partial charge in [0.2, 0.25) is 10.0 Å². The predicted octanol–water partition coefficient (Wildman–Crippen LogP) is 6.93. The molecule has 4 aromatic rings. The van der Waals surface area contributed by atoms with E-state index in [4.69, 9.17) is 4.74 Å². The lowest BCUT2D eigenvalue weighted by molar-refractivity contribution is 0.120. The molecule has 240 valence electrons. The average molecular weight is 677 g/mol. The Labute approximate surface area is 275 Å². The number of rotatable bonds is 10. The number of likely N-dealkylation sites (tertiary alicyclic amines) is 1. The molecule has 13 heteroatoms. The number of nitrogens with one attached hydrogen (secondary N) is 2. The van der Waals surface area contributed by atoms with Gasteiger partial charge < -0.3 is 15.0 Å². The lowest BCUT2D eigenvalue weighted by Crippen LogP contribution is -2.48. The zero-order chi connectivity index (χ0) is 30.2. The summed E-state index contributed by atoms with van der Waals surface area (Å²) in [4.78, 5) is 21.7. The Morgan fingerprint density at radius 1 is 0.867 bits per heavy atom. The van der Waals surface area contributed by atoms with E-state index in [0.717, 1.165) is 49.9 Å². The summed E-state index contributed by atoms with van der Waals surface area (Å²) in [6.45, 7) is 2.92. The molecular weight excluding hydrogens is 640 g/mol. The molecule has 0 unspecified atom stereocenters. The molecule has 5 rings (SSSR count). The summed E-state index contributed by atoms with van der Waals surface area (Å²) in [6.07, 6.45) is 6.20. The number of piperidine rings is 1. The van der Waals surface area contributed by atoms with E-state index in [1.165, 1.54) is 12.1 Å². The Hall–Kier alpha value is -3.90. The normalized spacial score (nSPS) is 13.6. The number of aromatic nitrogens is 1. The number of carbonyl (C=O) groups excluding carboxylic acids is 1. The maximum absolute atomic E-state index is 13.4. The quantitative estimate of drug-likeness (QED) is 0.189. The van der Waals surface area contributed by atoms with E-state index in [1.54, 1.807) is 48.8 Å². The van der Waals surface area contributed by atoms with E-state index in [0.29, 0.717) is 29.4 Å². The smallest absolute Gasteiger partial charge is 0.322 e. The number of benzene rings is 3. The standard InChI is InChI=1S/C32H34FN5O4S.2ClH/c1-43(40,41)36-28-8-12-31(13-9-28)42-30-10-2-24(3-11-30)22-37-20-16-29(17-21-37)38(23-25-14-18-34-19-15-25)32(39)35-27-6-4-26(33)5-7-27;;/h2-15,18-19,29,36H,16-17,20-23H2,1H3,(H,35,39);2*1H. The minimum Gasteiger partial charge on any atom is -0.457 e. The molecule has 1 aliphatic rings. The summed E-state index contributed by atoms with van der Waals surface area (Å²) in [7, 11) is -3.33. The van der Waals surface area contributed by atoms with Crippen LogP contribution in [0.3, 0.4) is 0 Å². The highest BCUT2D eigenvalue weighted by Gasteiger charge is 2.28. The molecule has 9 nitrogen and oxygen atoms in total. The molecule has 1 fully saturated rings. The van der Waals surface area contributed by atoms with Crippen molar-refractivity contribution in [2.24, 2.45) is 0 Å². The molecule has 2 heterocycles. The minimum atomic E-state index is -3.33. The molecule has 0 spiro atoms. The summed E-state index contributed by atoms with van der Waals surface area (Å²) in [6, 6.07) is 24.1. The van der Waals surface area contributed by atoms with Gasteiger partial charge in [-0.05, 0) is 96.8 Å². The van der Waals surface area contributed by atoms with E-state index >= 15 is 0 Å². The Morgan fingerprint density at radius 2 is 1.42 bits per heavy atom. The number of amides is 2. The van der Waals surface area contributed by atoms with Gasteiger partial charge in [0.05, 0.1) is 6.26 Å². The van der Waals surface area contributed by atoms with Crippen molar-refractivity contribution in [2.75, 3.05) is 29.4 Å². The molecule has 1 saturated heterocycles. The van der Waals surface area contributed by atoms with E-state index in [9.17, 15) is 17.6 Å². The van der Waals surface area contributed by atoms with Crippen LogP contribution in [0.15, 0.2) is 97.3 Å². The molecular formula is C32H36Cl2FN5O4S. The van der Waals surface area contributed by atoms with Gasteiger partial charge in [-0.25, -0.2) is 17.6 Å². The van der Waals surface area contributed by atoms with Crippen LogP contribution in [0.1, 0.15) is 24.0 Å². The second-order valence-corrected chi connectivity index (χ2v) is 12.3. The number of anilines is 2. The number of halogens is 3. The van der Waals surface area contributed by atoms with Crippen LogP contribution in [-0.4, -0.2) is 54.6 Å². The average Bonchev–Trinajstić information content (AvgIpc) is 2.99. The highest BCUT2D eigenvalue weighted by molar-refractivity contribution is 7.92. The maximum atomic E-state index is 13.4. The lowest BCUT2D eigenvalue weighted by atomic mass is 10.0. The maximum Gasteiger partial charge on any atom is 0.322 e. The highest BCUT2D eigenvalue weighted by atomic mass is 35.5. The second-order valence-electron chi connectivity index (χ2n) is 10.6. The molecule has 0 atom stereocenters. The Morgan fingerprint density at radius 3 is 2.00 bits per heavy atom. The van der Waals surface area contributed by atoms with Gasteiger partial charge in [0.1, 0.15) is 17.3 Å². The van der Waals surface area contributed by atoms with E-state index in [2.05, 4.69) is 19.9 Å². The number of nitrogens with zero attached hydrogens (tertiary/aromatic N) is 3. The Kier molecular flexibility index (Phi) is 13.0. The first-order chi connectivity index (χ1) is 20.7. The van der Waals surface area contributed by atoms with Crippen molar-refractivity contribution in [1.82, 2.24) is 14.8 Å². The topological polar surface area (TPSA) is 104 Å². The molecule has 0 saturated carbocycles. The largest absolute Gasteiger partial charge is 0.457 e. The monoisotopic (exact) mass is 675 g/mol. The van der Waals surface area contributed by atoms with Crippen LogP contribution in [0.4, 0.5) is 20.6 Å². The zero-order valence-corrected chi connectivity index (χ0v) is 27.1. The molecule has 0 bridgehead atoms. The Balaban J connectivity index is 0.00000276. The number of carbonyl (C=O) groups is 1. The van der Waals surface area contributed by atoms with Crippen LogP contribution in [0.2, 0.25) is 0 Å². The van der Waals surface area contributed by atoms with Gasteiger partial charge in [0.25, 0.3) is 0 Å². The molecule has 1 aromatic heterocycles. The fourth-order valence-electron chi connectivity index (χ4n) is 5.03. The molecule has 45 heavy (non-hydrogen) atoms. The van der Waals surface area contributed by atoms with E-state index < -0.39 is 10.0 Å². The molecule has 1 aliphatic heterocycles. The van der Waals surface area contributed by atoms with Gasteiger partial charge in [-0.3, -0.25) is 14.6 Å². The van der Waals surface area contributed by atoms with Gasteiger partial charge in [0.15, 0.2) is 0 Å². The first-order valence-electron chi connectivity index (χ1n) is 14.0. The van der Waals surface area contributed by atoms with Crippen LogP contribution in [0, 0.1) is 5.82 Å². The summed E-state index contributed by atoms with van der Waals surface area (Å²) >= 11 is 0. The van der Waals surface area contributed by atoms with Crippen LogP contribution in [0.25, 0.3) is 0 Å². The van der Waals surface area contributed by atoms with Crippen molar-refractivity contribution in [3.63, 3.8) is 0 Å². The number of ether oxygens (including phenoxy) is 1.